The first-order valence-corrected chi connectivity index (χ1v) is 10.8. The monoisotopic (exact) mass is 427 g/mol. The van der Waals surface area contributed by atoms with Crippen LogP contribution in [-0.2, 0) is 5.75 Å². The van der Waals surface area contributed by atoms with Gasteiger partial charge in [0.2, 0.25) is 11.0 Å². The van der Waals surface area contributed by atoms with E-state index in [1.807, 2.05) is 23.6 Å². The summed E-state index contributed by atoms with van der Waals surface area (Å²) in [6.07, 6.45) is 3.51. The summed E-state index contributed by atoms with van der Waals surface area (Å²) in [5, 5.41) is 22.8. The van der Waals surface area contributed by atoms with Crippen molar-refractivity contribution in [3.8, 4) is 12.0 Å². The molecule has 4 heterocycles. The van der Waals surface area contributed by atoms with E-state index in [9.17, 15) is 10.1 Å². The number of nitriles is 1. The summed E-state index contributed by atoms with van der Waals surface area (Å²) in [4.78, 5) is 14.0. The van der Waals surface area contributed by atoms with Crippen LogP contribution >= 0.6 is 34.4 Å². The van der Waals surface area contributed by atoms with Gasteiger partial charge in [0.1, 0.15) is 23.0 Å². The molecule has 0 aliphatic rings. The predicted molar refractivity (Wildman–Crippen MR) is 109 cm³/mol. The van der Waals surface area contributed by atoms with Gasteiger partial charge < -0.3 is 4.42 Å². The Hall–Kier alpha value is -2.87. The molecule has 4 aromatic heterocycles. The fraction of sp³-hybridized carbons (Fsp3) is 0.111. The molecule has 10 heteroatoms. The summed E-state index contributed by atoms with van der Waals surface area (Å²) >= 11 is 4.55. The first-order valence-electron chi connectivity index (χ1n) is 8.12. The van der Waals surface area contributed by atoms with Gasteiger partial charge in [-0.2, -0.15) is 5.26 Å². The zero-order valence-electron chi connectivity index (χ0n) is 14.6. The Balaban J connectivity index is 1.51. The van der Waals surface area contributed by atoms with Gasteiger partial charge in [0.25, 0.3) is 5.91 Å². The smallest absolute Gasteiger partial charge is 0.262 e. The lowest BCUT2D eigenvalue weighted by atomic mass is 10.1. The van der Waals surface area contributed by atoms with Gasteiger partial charge in [-0.15, -0.1) is 21.5 Å². The maximum atomic E-state index is 12.8. The van der Waals surface area contributed by atoms with Crippen LogP contribution in [0, 0.1) is 18.3 Å². The highest BCUT2D eigenvalue weighted by atomic mass is 32.2. The Bertz CT molecular complexity index is 1140. The van der Waals surface area contributed by atoms with Crippen molar-refractivity contribution in [2.24, 2.45) is 0 Å². The number of thioether (sulfide) groups is 1. The quantitative estimate of drug-likeness (QED) is 0.354. The van der Waals surface area contributed by atoms with Crippen LogP contribution in [0.1, 0.15) is 26.6 Å². The van der Waals surface area contributed by atoms with Gasteiger partial charge >= 0.3 is 0 Å². The molecule has 1 amide bonds. The lowest BCUT2D eigenvalue weighted by Gasteiger charge is -2.00. The molecular formula is C18H13N5O2S3. The fourth-order valence-electron chi connectivity index (χ4n) is 2.56. The molecule has 0 aliphatic heterocycles. The third kappa shape index (κ3) is 3.73. The van der Waals surface area contributed by atoms with Crippen LogP contribution in [-0.4, -0.2) is 20.7 Å². The van der Waals surface area contributed by atoms with Gasteiger partial charge in [0.15, 0.2) is 4.34 Å². The van der Waals surface area contributed by atoms with E-state index in [4.69, 9.17) is 4.42 Å². The highest BCUT2D eigenvalue weighted by Gasteiger charge is 2.25. The van der Waals surface area contributed by atoms with Crippen LogP contribution in [0.3, 0.4) is 0 Å². The molecule has 0 aliphatic carbocycles. The van der Waals surface area contributed by atoms with E-state index < -0.39 is 5.91 Å². The number of aryl methyl sites for hydroxylation is 1. The molecule has 0 radical (unpaired) electrons. The lowest BCUT2D eigenvalue weighted by Crippen LogP contribution is -2.13. The molecule has 4 rings (SSSR count). The molecule has 0 unspecified atom stereocenters. The number of nitrogens with zero attached hydrogens (tertiary/aromatic N) is 4. The molecule has 0 fully saturated rings. The summed E-state index contributed by atoms with van der Waals surface area (Å²) in [6, 6.07) is 9.77. The van der Waals surface area contributed by atoms with Gasteiger partial charge in [-0.1, -0.05) is 29.2 Å². The van der Waals surface area contributed by atoms with Crippen LogP contribution in [0.25, 0.3) is 5.88 Å². The van der Waals surface area contributed by atoms with Crippen LogP contribution < -0.4 is 5.32 Å². The molecule has 0 bridgehead atoms. The van der Waals surface area contributed by atoms with Gasteiger partial charge in [-0.3, -0.25) is 14.7 Å². The highest BCUT2D eigenvalue weighted by Crippen LogP contribution is 2.31. The fourth-order valence-corrected chi connectivity index (χ4v) is 5.08. The minimum Gasteiger partial charge on any atom is -0.443 e. The van der Waals surface area contributed by atoms with Crippen molar-refractivity contribution >= 4 is 45.5 Å². The second-order valence-electron chi connectivity index (χ2n) is 5.61. The standard InChI is InChI=1S/C18H13N5O2S3/c1-11-14(13(9-19)16(25-11)23-6-2-3-7-23)15(24)20-17-21-22-18(28-17)27-10-12-5-4-8-26-12/h2-8H,10H2,1H3,(H,20,21,24). The Morgan fingerprint density at radius 1 is 1.36 bits per heavy atom. The molecule has 1 N–H and O–H groups in total. The molecule has 0 atom stereocenters. The number of aromatic nitrogens is 3. The number of hydrogen-bond acceptors (Lipinski definition) is 8. The van der Waals surface area contributed by atoms with E-state index in [0.29, 0.717) is 16.8 Å². The Morgan fingerprint density at radius 2 is 2.18 bits per heavy atom. The summed E-state index contributed by atoms with van der Waals surface area (Å²) in [6.45, 7) is 1.66. The summed E-state index contributed by atoms with van der Waals surface area (Å²) < 4.78 is 8.09. The number of thiophene rings is 1. The van der Waals surface area contributed by atoms with Crippen LogP contribution in [0.2, 0.25) is 0 Å². The van der Waals surface area contributed by atoms with E-state index in [1.54, 1.807) is 47.0 Å². The Labute approximate surface area is 172 Å². The van der Waals surface area contributed by atoms with E-state index in [-0.39, 0.29) is 11.1 Å². The van der Waals surface area contributed by atoms with Crippen molar-refractivity contribution in [2.75, 3.05) is 5.32 Å². The topological polar surface area (TPSA) is 96.7 Å². The zero-order chi connectivity index (χ0) is 19.5. The first kappa shape index (κ1) is 18.5. The number of nitrogens with one attached hydrogen (secondary N) is 1. The second-order valence-corrected chi connectivity index (χ2v) is 8.84. The minimum atomic E-state index is -0.442. The van der Waals surface area contributed by atoms with Crippen molar-refractivity contribution < 1.29 is 9.21 Å². The Morgan fingerprint density at radius 3 is 2.89 bits per heavy atom. The largest absolute Gasteiger partial charge is 0.443 e. The summed E-state index contributed by atoms with van der Waals surface area (Å²) in [5.74, 6) is 1.05. The van der Waals surface area contributed by atoms with E-state index >= 15 is 0 Å². The molecule has 140 valence electrons. The van der Waals surface area contributed by atoms with Crippen molar-refractivity contribution in [2.45, 2.75) is 17.0 Å². The molecule has 0 saturated carbocycles. The number of carbonyl (C=O) groups excluding carboxylic acids is 1. The predicted octanol–water partition coefficient (Wildman–Crippen LogP) is 4.71. The van der Waals surface area contributed by atoms with E-state index in [1.165, 1.54) is 16.2 Å². The maximum Gasteiger partial charge on any atom is 0.262 e. The van der Waals surface area contributed by atoms with Gasteiger partial charge in [0.05, 0.1) is 0 Å². The zero-order valence-corrected chi connectivity index (χ0v) is 17.0. The maximum absolute atomic E-state index is 12.8. The van der Waals surface area contributed by atoms with Gasteiger partial charge in [-0.05, 0) is 30.5 Å². The second kappa shape index (κ2) is 8.02. The van der Waals surface area contributed by atoms with Crippen molar-refractivity contribution in [1.29, 1.82) is 5.26 Å². The third-order valence-corrected chi connectivity index (χ3v) is 6.87. The van der Waals surface area contributed by atoms with E-state index in [0.717, 1.165) is 10.1 Å². The number of furan rings is 1. The molecular weight excluding hydrogens is 414 g/mol. The first-order chi connectivity index (χ1) is 13.7. The van der Waals surface area contributed by atoms with Gasteiger partial charge in [0, 0.05) is 23.0 Å². The summed E-state index contributed by atoms with van der Waals surface area (Å²) in [7, 11) is 0. The SMILES string of the molecule is Cc1oc(-n2cccc2)c(C#N)c1C(=O)Nc1nnc(SCc2cccs2)s1. The number of carbonyl (C=O) groups is 1. The van der Waals surface area contributed by atoms with Crippen LogP contribution in [0.15, 0.2) is 50.8 Å². The average molecular weight is 428 g/mol. The number of hydrogen-bond donors (Lipinski definition) is 1. The molecule has 28 heavy (non-hydrogen) atoms. The molecule has 0 aromatic carbocycles. The average Bonchev–Trinajstić information content (AvgIpc) is 3.46. The highest BCUT2D eigenvalue weighted by molar-refractivity contribution is 8.00. The van der Waals surface area contributed by atoms with Crippen molar-refractivity contribution in [1.82, 2.24) is 14.8 Å². The summed E-state index contributed by atoms with van der Waals surface area (Å²) in [5.41, 5.74) is 0.386. The number of amides is 1. The third-order valence-electron chi connectivity index (χ3n) is 3.79. The van der Waals surface area contributed by atoms with Crippen LogP contribution in [0.4, 0.5) is 5.13 Å². The Kier molecular flexibility index (Phi) is 5.29. The van der Waals surface area contributed by atoms with Crippen LogP contribution in [0.5, 0.6) is 0 Å². The number of rotatable bonds is 6. The van der Waals surface area contributed by atoms with Crippen molar-refractivity contribution in [3.05, 3.63) is 63.8 Å². The molecule has 0 saturated heterocycles. The van der Waals surface area contributed by atoms with Crippen molar-refractivity contribution in [3.63, 3.8) is 0 Å². The molecule has 7 nitrogen and oxygen atoms in total. The van der Waals surface area contributed by atoms with Gasteiger partial charge in [-0.25, -0.2) is 0 Å². The molecule has 4 aromatic rings. The lowest BCUT2D eigenvalue weighted by molar-refractivity contribution is 0.102. The number of anilines is 1. The molecule has 0 spiro atoms. The minimum absolute atomic E-state index is 0.183. The normalized spacial score (nSPS) is 10.7. The van der Waals surface area contributed by atoms with E-state index in [2.05, 4.69) is 27.6 Å².